The van der Waals surface area contributed by atoms with Crippen LogP contribution in [0.25, 0.3) is 0 Å². The molecule has 0 aromatic rings. The molecule has 0 aromatic heterocycles. The second-order valence-corrected chi connectivity index (χ2v) is 5.34. The third-order valence-corrected chi connectivity index (χ3v) is 3.80. The van der Waals surface area contributed by atoms with Crippen molar-refractivity contribution in [3.05, 3.63) is 0 Å². The van der Waals surface area contributed by atoms with Crippen LogP contribution in [0.2, 0.25) is 0 Å². The predicted molar refractivity (Wildman–Crippen MR) is 58.8 cm³/mol. The van der Waals surface area contributed by atoms with E-state index in [1.54, 1.807) is 0 Å². The molecule has 14 heavy (non-hydrogen) atoms. The Bertz CT molecular complexity index is 203. The smallest absolute Gasteiger partial charge is 0.154 e. The highest BCUT2D eigenvalue weighted by atomic mass is 35.5. The molecule has 2 saturated carbocycles. The van der Waals surface area contributed by atoms with Crippen LogP contribution in [0.15, 0.2) is 10.2 Å². The quantitative estimate of drug-likeness (QED) is 0.372. The Morgan fingerprint density at radius 1 is 0.929 bits per heavy atom. The molecular weight excluding hydrogens is 196 g/mol. The fraction of sp³-hybridized carbons (Fsp3) is 1.00. The van der Waals surface area contributed by atoms with Crippen molar-refractivity contribution in [2.45, 2.75) is 68.8 Å². The average Bonchev–Trinajstić information content (AvgIpc) is 2.69. The van der Waals surface area contributed by atoms with Crippen LogP contribution in [0.1, 0.15) is 57.8 Å². The van der Waals surface area contributed by atoms with E-state index in [0.717, 1.165) is 12.8 Å². The maximum Gasteiger partial charge on any atom is 0.154 e. The lowest BCUT2D eigenvalue weighted by atomic mass is 9.95. The van der Waals surface area contributed by atoms with Gasteiger partial charge < -0.3 is 0 Å². The van der Waals surface area contributed by atoms with Gasteiger partial charge >= 0.3 is 0 Å². The van der Waals surface area contributed by atoms with Gasteiger partial charge in [0.1, 0.15) is 0 Å². The second-order valence-electron chi connectivity index (χ2n) is 4.63. The van der Waals surface area contributed by atoms with Crippen LogP contribution in [0.3, 0.4) is 0 Å². The minimum atomic E-state index is -0.332. The van der Waals surface area contributed by atoms with E-state index < -0.39 is 0 Å². The van der Waals surface area contributed by atoms with E-state index in [2.05, 4.69) is 10.2 Å². The lowest BCUT2D eigenvalue weighted by molar-refractivity contribution is 0.380. The molecule has 2 fully saturated rings. The fourth-order valence-corrected chi connectivity index (χ4v) is 2.71. The highest BCUT2D eigenvalue weighted by molar-refractivity contribution is 6.23. The van der Waals surface area contributed by atoms with Crippen LogP contribution in [-0.4, -0.2) is 11.0 Å². The summed E-state index contributed by atoms with van der Waals surface area (Å²) in [4.78, 5) is -0.332. The van der Waals surface area contributed by atoms with Crippen LogP contribution < -0.4 is 0 Å². The van der Waals surface area contributed by atoms with Gasteiger partial charge in [-0.25, -0.2) is 0 Å². The zero-order valence-corrected chi connectivity index (χ0v) is 9.47. The average molecular weight is 215 g/mol. The molecule has 80 valence electrons. The largest absolute Gasteiger partial charge is 0.189 e. The minimum absolute atomic E-state index is 0.332. The molecule has 0 aliphatic heterocycles. The maximum absolute atomic E-state index is 6.39. The van der Waals surface area contributed by atoms with Gasteiger partial charge in [0.15, 0.2) is 5.00 Å². The summed E-state index contributed by atoms with van der Waals surface area (Å²) in [5.41, 5.74) is 0. The number of nitrogens with zero attached hydrogens (tertiary/aromatic N) is 2. The molecule has 0 heterocycles. The van der Waals surface area contributed by atoms with E-state index in [0.29, 0.717) is 6.04 Å². The first-order valence-corrected chi connectivity index (χ1v) is 6.27. The van der Waals surface area contributed by atoms with Gasteiger partial charge in [0.2, 0.25) is 0 Å². The van der Waals surface area contributed by atoms with Gasteiger partial charge in [0, 0.05) is 0 Å². The van der Waals surface area contributed by atoms with Gasteiger partial charge in [-0.15, -0.1) is 0 Å². The summed E-state index contributed by atoms with van der Waals surface area (Å²) in [6.45, 7) is 0. The molecule has 0 saturated heterocycles. The number of hydrogen-bond donors (Lipinski definition) is 0. The molecule has 2 nitrogen and oxygen atoms in total. The van der Waals surface area contributed by atoms with Gasteiger partial charge in [-0.2, -0.15) is 10.2 Å². The molecule has 0 bridgehead atoms. The van der Waals surface area contributed by atoms with Gasteiger partial charge in [-0.1, -0.05) is 30.9 Å². The summed E-state index contributed by atoms with van der Waals surface area (Å²) in [7, 11) is 0. The summed E-state index contributed by atoms with van der Waals surface area (Å²) in [5, 5.41) is 8.80. The molecule has 2 aliphatic rings. The van der Waals surface area contributed by atoms with Gasteiger partial charge in [0.25, 0.3) is 0 Å². The van der Waals surface area contributed by atoms with Crippen molar-refractivity contribution in [2.75, 3.05) is 0 Å². The predicted octanol–water partition coefficient (Wildman–Crippen LogP) is 4.28. The SMILES string of the molecule is ClC1(N=NC2CCCC2)CCCCC1. The lowest BCUT2D eigenvalue weighted by Gasteiger charge is -2.25. The molecule has 2 aliphatic carbocycles. The number of azo groups is 1. The van der Waals surface area contributed by atoms with E-state index in [-0.39, 0.29) is 5.00 Å². The van der Waals surface area contributed by atoms with E-state index in [4.69, 9.17) is 11.6 Å². The van der Waals surface area contributed by atoms with E-state index in [1.807, 2.05) is 0 Å². The van der Waals surface area contributed by atoms with Gasteiger partial charge in [-0.3, -0.25) is 0 Å². The fourth-order valence-electron chi connectivity index (χ4n) is 2.40. The van der Waals surface area contributed by atoms with E-state index in [1.165, 1.54) is 44.9 Å². The zero-order chi connectivity index (χ0) is 9.86. The second kappa shape index (κ2) is 4.61. The first-order chi connectivity index (χ1) is 6.79. The van der Waals surface area contributed by atoms with Crippen LogP contribution in [0.5, 0.6) is 0 Å². The van der Waals surface area contributed by atoms with Crippen LogP contribution >= 0.6 is 11.6 Å². The van der Waals surface area contributed by atoms with E-state index in [9.17, 15) is 0 Å². The maximum atomic E-state index is 6.39. The first kappa shape index (κ1) is 10.4. The van der Waals surface area contributed by atoms with E-state index >= 15 is 0 Å². The van der Waals surface area contributed by atoms with Gasteiger partial charge in [0.05, 0.1) is 6.04 Å². The highest BCUT2D eigenvalue weighted by Crippen LogP contribution is 2.36. The molecule has 0 atom stereocenters. The van der Waals surface area contributed by atoms with Crippen molar-refractivity contribution in [3.8, 4) is 0 Å². The van der Waals surface area contributed by atoms with Crippen LogP contribution in [-0.2, 0) is 0 Å². The third kappa shape index (κ3) is 2.69. The number of alkyl halides is 1. The Balaban J connectivity index is 1.87. The first-order valence-electron chi connectivity index (χ1n) is 5.89. The number of rotatable bonds is 2. The Morgan fingerprint density at radius 3 is 2.21 bits per heavy atom. The lowest BCUT2D eigenvalue weighted by Crippen LogP contribution is -2.21. The summed E-state index contributed by atoms with van der Waals surface area (Å²) in [6, 6.07) is 0.479. The van der Waals surface area contributed by atoms with Crippen molar-refractivity contribution in [1.82, 2.24) is 0 Å². The topological polar surface area (TPSA) is 24.7 Å². The molecule has 0 unspecified atom stereocenters. The molecule has 0 aromatic carbocycles. The Morgan fingerprint density at radius 2 is 1.57 bits per heavy atom. The van der Waals surface area contributed by atoms with Crippen molar-refractivity contribution in [1.29, 1.82) is 0 Å². The Kier molecular flexibility index (Phi) is 3.42. The molecule has 3 heteroatoms. The minimum Gasteiger partial charge on any atom is -0.189 e. The summed E-state index contributed by atoms with van der Waals surface area (Å²) < 4.78 is 0. The van der Waals surface area contributed by atoms with Crippen molar-refractivity contribution >= 4 is 11.6 Å². The van der Waals surface area contributed by atoms with Crippen molar-refractivity contribution in [2.24, 2.45) is 10.2 Å². The Hall–Kier alpha value is -0.110. The molecular formula is C11H19ClN2. The zero-order valence-electron chi connectivity index (χ0n) is 8.71. The standard InChI is InChI=1S/C11H19ClN2/c12-11(8-4-1-5-9-11)14-13-10-6-2-3-7-10/h10H,1-9H2. The summed E-state index contributed by atoms with van der Waals surface area (Å²) >= 11 is 6.39. The molecule has 0 radical (unpaired) electrons. The van der Waals surface area contributed by atoms with Crippen LogP contribution in [0.4, 0.5) is 0 Å². The molecule has 0 N–H and O–H groups in total. The molecule has 0 spiro atoms. The monoisotopic (exact) mass is 214 g/mol. The third-order valence-electron chi connectivity index (χ3n) is 3.34. The van der Waals surface area contributed by atoms with Gasteiger partial charge in [-0.05, 0) is 38.5 Å². The molecule has 2 rings (SSSR count). The van der Waals surface area contributed by atoms with Crippen LogP contribution in [0, 0.1) is 0 Å². The summed E-state index contributed by atoms with van der Waals surface area (Å²) in [5.74, 6) is 0. The van der Waals surface area contributed by atoms with Crippen molar-refractivity contribution in [3.63, 3.8) is 0 Å². The number of hydrogen-bond acceptors (Lipinski definition) is 2. The summed E-state index contributed by atoms with van der Waals surface area (Å²) in [6.07, 6.45) is 10.9. The number of halogens is 1. The normalized spacial score (nSPS) is 28.6. The highest BCUT2D eigenvalue weighted by Gasteiger charge is 2.29. The Labute approximate surface area is 91.1 Å². The van der Waals surface area contributed by atoms with Crippen molar-refractivity contribution < 1.29 is 0 Å². The molecule has 0 amide bonds.